The predicted molar refractivity (Wildman–Crippen MR) is 60.9 cm³/mol. The quantitative estimate of drug-likeness (QED) is 0.668. The van der Waals surface area contributed by atoms with Gasteiger partial charge in [-0.2, -0.15) is 5.10 Å². The number of nitrogens with zero attached hydrogens (tertiary/aromatic N) is 2. The van der Waals surface area contributed by atoms with Gasteiger partial charge in [0, 0.05) is 19.2 Å². The van der Waals surface area contributed by atoms with Crippen LogP contribution in [-0.2, 0) is 7.05 Å². The van der Waals surface area contributed by atoms with E-state index in [1.165, 1.54) is 10.9 Å². The fraction of sp³-hybridized carbons (Fsp3) is 0.600. The van der Waals surface area contributed by atoms with Crippen molar-refractivity contribution in [3.63, 3.8) is 0 Å². The number of aliphatic hydroxyl groups excluding tert-OH is 1. The lowest BCUT2D eigenvalue weighted by Crippen LogP contribution is -2.44. The fourth-order valence-corrected chi connectivity index (χ4v) is 1.44. The maximum Gasteiger partial charge on any atom is 0.272 e. The van der Waals surface area contributed by atoms with Crippen LogP contribution in [0.5, 0.6) is 0 Å². The zero-order valence-corrected chi connectivity index (χ0v) is 9.82. The second kappa shape index (κ2) is 4.52. The van der Waals surface area contributed by atoms with Crippen molar-refractivity contribution in [2.24, 2.45) is 7.05 Å². The first-order valence-corrected chi connectivity index (χ1v) is 5.08. The number of aromatic nitrogens is 2. The molecule has 1 rings (SSSR count). The molecule has 0 bridgehead atoms. The minimum absolute atomic E-state index is 0.0220. The maximum absolute atomic E-state index is 11.9. The lowest BCUT2D eigenvalue weighted by atomic mass is 10.0. The molecular weight excluding hydrogens is 208 g/mol. The Hall–Kier alpha value is -1.56. The van der Waals surface area contributed by atoms with Gasteiger partial charge in [0.15, 0.2) is 0 Å². The minimum Gasteiger partial charge on any atom is -0.396 e. The van der Waals surface area contributed by atoms with Crippen LogP contribution in [0, 0.1) is 0 Å². The Morgan fingerprint density at radius 3 is 2.75 bits per heavy atom. The van der Waals surface area contributed by atoms with E-state index in [4.69, 9.17) is 10.8 Å². The molecule has 0 aromatic carbocycles. The Balaban J connectivity index is 2.80. The van der Waals surface area contributed by atoms with E-state index < -0.39 is 5.54 Å². The average Bonchev–Trinajstić information content (AvgIpc) is 2.44. The maximum atomic E-state index is 11.9. The number of nitrogens with two attached hydrogens (primary N) is 1. The largest absolute Gasteiger partial charge is 0.396 e. The highest BCUT2D eigenvalue weighted by molar-refractivity contribution is 5.97. The van der Waals surface area contributed by atoms with Gasteiger partial charge in [-0.3, -0.25) is 9.48 Å². The van der Waals surface area contributed by atoms with Crippen molar-refractivity contribution in [1.82, 2.24) is 15.1 Å². The summed E-state index contributed by atoms with van der Waals surface area (Å²) in [5, 5.41) is 15.6. The molecule has 0 aliphatic carbocycles. The zero-order valence-electron chi connectivity index (χ0n) is 9.82. The number of hydrogen-bond acceptors (Lipinski definition) is 4. The van der Waals surface area contributed by atoms with Gasteiger partial charge in [-0.25, -0.2) is 0 Å². The minimum atomic E-state index is -0.470. The Kier molecular flexibility index (Phi) is 3.54. The molecule has 1 aromatic rings. The number of nitrogens with one attached hydrogen (secondary N) is 1. The highest BCUT2D eigenvalue weighted by atomic mass is 16.3. The smallest absolute Gasteiger partial charge is 0.272 e. The number of anilines is 1. The third-order valence-corrected chi connectivity index (χ3v) is 2.37. The molecule has 90 valence electrons. The van der Waals surface area contributed by atoms with Crippen LogP contribution in [0.1, 0.15) is 30.8 Å². The summed E-state index contributed by atoms with van der Waals surface area (Å²) in [6.45, 7) is 3.70. The van der Waals surface area contributed by atoms with Gasteiger partial charge in [0.2, 0.25) is 0 Å². The molecule has 0 fully saturated rings. The van der Waals surface area contributed by atoms with Crippen LogP contribution < -0.4 is 11.1 Å². The van der Waals surface area contributed by atoms with Crippen LogP contribution in [-0.4, -0.2) is 32.9 Å². The van der Waals surface area contributed by atoms with Gasteiger partial charge in [-0.1, -0.05) is 0 Å². The monoisotopic (exact) mass is 226 g/mol. The van der Waals surface area contributed by atoms with Crippen molar-refractivity contribution < 1.29 is 9.90 Å². The van der Waals surface area contributed by atoms with Crippen LogP contribution in [0.3, 0.4) is 0 Å². The molecular formula is C10H18N4O2. The van der Waals surface area contributed by atoms with Gasteiger partial charge < -0.3 is 16.2 Å². The molecule has 1 amide bonds. The van der Waals surface area contributed by atoms with Crippen LogP contribution in [0.25, 0.3) is 0 Å². The first-order valence-electron chi connectivity index (χ1n) is 5.08. The standard InChI is InChI=1S/C10H18N4O2/c1-10(2,4-5-15)13-9(16)8-7(11)6-12-14(8)3/h6,15H,4-5,11H2,1-3H3,(H,13,16). The summed E-state index contributed by atoms with van der Waals surface area (Å²) in [6.07, 6.45) is 1.92. The van der Waals surface area contributed by atoms with E-state index in [2.05, 4.69) is 10.4 Å². The van der Waals surface area contributed by atoms with E-state index in [1.807, 2.05) is 13.8 Å². The van der Waals surface area contributed by atoms with Gasteiger partial charge >= 0.3 is 0 Å². The molecule has 6 nitrogen and oxygen atoms in total. The fourth-order valence-electron chi connectivity index (χ4n) is 1.44. The molecule has 0 aliphatic heterocycles. The van der Waals surface area contributed by atoms with Crippen molar-refractivity contribution in [2.75, 3.05) is 12.3 Å². The van der Waals surface area contributed by atoms with Crippen molar-refractivity contribution in [3.8, 4) is 0 Å². The number of hydrogen-bond donors (Lipinski definition) is 3. The molecule has 0 spiro atoms. The van der Waals surface area contributed by atoms with Crippen LogP contribution in [0.15, 0.2) is 6.20 Å². The second-order valence-corrected chi connectivity index (χ2v) is 4.38. The summed E-state index contributed by atoms with van der Waals surface area (Å²) in [5.74, 6) is -0.282. The van der Waals surface area contributed by atoms with Crippen molar-refractivity contribution in [1.29, 1.82) is 0 Å². The van der Waals surface area contributed by atoms with Gasteiger partial charge in [0.25, 0.3) is 5.91 Å². The second-order valence-electron chi connectivity index (χ2n) is 4.38. The molecule has 6 heteroatoms. The molecule has 0 saturated carbocycles. The lowest BCUT2D eigenvalue weighted by Gasteiger charge is -2.25. The Bertz CT molecular complexity index is 365. The van der Waals surface area contributed by atoms with E-state index in [0.29, 0.717) is 17.8 Å². The van der Waals surface area contributed by atoms with E-state index in [0.717, 1.165) is 0 Å². The Morgan fingerprint density at radius 2 is 2.31 bits per heavy atom. The molecule has 0 aliphatic rings. The van der Waals surface area contributed by atoms with Crippen LogP contribution in [0.2, 0.25) is 0 Å². The molecule has 0 atom stereocenters. The van der Waals surface area contributed by atoms with E-state index in [-0.39, 0.29) is 12.5 Å². The lowest BCUT2D eigenvalue weighted by molar-refractivity contribution is 0.0891. The zero-order chi connectivity index (χ0) is 12.3. The summed E-state index contributed by atoms with van der Waals surface area (Å²) in [7, 11) is 1.66. The first-order chi connectivity index (χ1) is 7.37. The first kappa shape index (κ1) is 12.5. The summed E-state index contributed by atoms with van der Waals surface area (Å²) in [4.78, 5) is 11.9. The highest BCUT2D eigenvalue weighted by Gasteiger charge is 2.23. The van der Waals surface area contributed by atoms with Gasteiger partial charge in [0.1, 0.15) is 5.69 Å². The van der Waals surface area contributed by atoms with Crippen molar-refractivity contribution in [2.45, 2.75) is 25.8 Å². The molecule has 0 saturated heterocycles. The van der Waals surface area contributed by atoms with E-state index >= 15 is 0 Å². The summed E-state index contributed by atoms with van der Waals surface area (Å²) in [5.41, 5.74) is 5.86. The third kappa shape index (κ3) is 2.73. The average molecular weight is 226 g/mol. The molecule has 1 aromatic heterocycles. The SMILES string of the molecule is Cn1ncc(N)c1C(=O)NC(C)(C)CCO. The van der Waals surface area contributed by atoms with E-state index in [1.54, 1.807) is 7.05 Å². The molecule has 16 heavy (non-hydrogen) atoms. The molecule has 0 unspecified atom stereocenters. The summed E-state index contributed by atoms with van der Waals surface area (Å²) >= 11 is 0. The number of carbonyl (C=O) groups is 1. The number of carbonyl (C=O) groups excluding carboxylic acids is 1. The number of aliphatic hydroxyl groups is 1. The third-order valence-electron chi connectivity index (χ3n) is 2.37. The van der Waals surface area contributed by atoms with Gasteiger partial charge in [0.05, 0.1) is 11.9 Å². The van der Waals surface area contributed by atoms with Crippen molar-refractivity contribution in [3.05, 3.63) is 11.9 Å². The summed E-state index contributed by atoms with van der Waals surface area (Å²) in [6, 6.07) is 0. The normalized spacial score (nSPS) is 11.5. The number of aryl methyl sites for hydroxylation is 1. The Morgan fingerprint density at radius 1 is 1.69 bits per heavy atom. The Labute approximate surface area is 94.4 Å². The van der Waals surface area contributed by atoms with E-state index in [9.17, 15) is 4.79 Å². The molecule has 0 radical (unpaired) electrons. The molecule has 1 heterocycles. The van der Waals surface area contributed by atoms with Gasteiger partial charge in [-0.05, 0) is 20.3 Å². The number of amides is 1. The van der Waals surface area contributed by atoms with Crippen LogP contribution >= 0.6 is 0 Å². The predicted octanol–water partition coefficient (Wildman–Crippen LogP) is -0.107. The molecule has 4 N–H and O–H groups in total. The highest BCUT2D eigenvalue weighted by Crippen LogP contribution is 2.13. The number of rotatable bonds is 4. The van der Waals surface area contributed by atoms with Gasteiger partial charge in [-0.15, -0.1) is 0 Å². The topological polar surface area (TPSA) is 93.2 Å². The summed E-state index contributed by atoms with van der Waals surface area (Å²) < 4.78 is 1.43. The van der Waals surface area contributed by atoms with Crippen LogP contribution in [0.4, 0.5) is 5.69 Å². The number of nitrogen functional groups attached to an aromatic ring is 1. The van der Waals surface area contributed by atoms with Crippen molar-refractivity contribution >= 4 is 11.6 Å².